The molecule has 1 saturated heterocycles. The Morgan fingerprint density at radius 2 is 1.88 bits per heavy atom. The predicted molar refractivity (Wildman–Crippen MR) is 155 cm³/mol. The number of ether oxygens (including phenoxy) is 1. The summed E-state index contributed by atoms with van der Waals surface area (Å²) in [6, 6.07) is 20.1. The van der Waals surface area contributed by atoms with Gasteiger partial charge < -0.3 is 30.9 Å². The molecule has 0 bridgehead atoms. The maximum absolute atomic E-state index is 13.4. The van der Waals surface area contributed by atoms with Gasteiger partial charge in [-0.15, -0.1) is 0 Å². The van der Waals surface area contributed by atoms with Crippen LogP contribution in [0, 0.1) is 12.8 Å². The first-order valence-electron chi connectivity index (χ1n) is 13.5. The van der Waals surface area contributed by atoms with E-state index in [1.165, 1.54) is 0 Å². The Kier molecular flexibility index (Phi) is 9.68. The third kappa shape index (κ3) is 6.75. The minimum Gasteiger partial charge on any atom is -0.465 e. The number of rotatable bonds is 10. The minimum absolute atomic E-state index is 0.106. The Hall–Kier alpha value is -3.59. The van der Waals surface area contributed by atoms with Crippen LogP contribution in [0.25, 0.3) is 0 Å². The van der Waals surface area contributed by atoms with Crippen molar-refractivity contribution in [2.45, 2.75) is 44.8 Å². The molecule has 0 radical (unpaired) electrons. The zero-order chi connectivity index (χ0) is 28.7. The topological polar surface area (TPSA) is 125 Å². The van der Waals surface area contributed by atoms with Gasteiger partial charge in [0.25, 0.3) is 5.91 Å². The number of nitrogens with zero attached hydrogens (tertiary/aromatic N) is 1. The fourth-order valence-corrected chi connectivity index (χ4v) is 5.58. The Balaban J connectivity index is 1.67. The molecule has 0 unspecified atom stereocenters. The number of aliphatic hydroxyl groups is 1. The first-order valence-corrected chi connectivity index (χ1v) is 13.9. The lowest BCUT2D eigenvalue weighted by molar-refractivity contribution is -0.0578. The van der Waals surface area contributed by atoms with Gasteiger partial charge in [-0.3, -0.25) is 4.79 Å². The molecule has 9 heteroatoms. The van der Waals surface area contributed by atoms with E-state index in [4.69, 9.17) is 27.2 Å². The molecular formula is C31H36ClN3O5. The summed E-state index contributed by atoms with van der Waals surface area (Å²) in [6.07, 6.45) is 0.890. The average Bonchev–Trinajstić information content (AvgIpc) is 2.97. The maximum atomic E-state index is 13.4. The molecule has 0 spiro atoms. The van der Waals surface area contributed by atoms with Crippen LogP contribution in [0.1, 0.15) is 52.7 Å². The quantitative estimate of drug-likeness (QED) is 0.234. The number of hydrogen-bond donors (Lipinski definition) is 4. The van der Waals surface area contributed by atoms with Crippen molar-refractivity contribution in [1.82, 2.24) is 10.2 Å². The first kappa shape index (κ1) is 29.4. The van der Waals surface area contributed by atoms with E-state index in [1.54, 1.807) is 35.2 Å². The van der Waals surface area contributed by atoms with Crippen LogP contribution in [0.4, 0.5) is 4.79 Å². The second-order valence-electron chi connectivity index (χ2n) is 10.2. The van der Waals surface area contributed by atoms with E-state index in [2.05, 4.69) is 5.32 Å². The number of aryl methyl sites for hydroxylation is 1. The molecule has 0 aliphatic carbocycles. The van der Waals surface area contributed by atoms with Crippen molar-refractivity contribution in [2.24, 2.45) is 11.7 Å². The summed E-state index contributed by atoms with van der Waals surface area (Å²) in [5.74, 6) is 0.530. The third-order valence-corrected chi connectivity index (χ3v) is 7.87. The van der Waals surface area contributed by atoms with Crippen LogP contribution in [0.5, 0.6) is 11.5 Å². The highest BCUT2D eigenvalue weighted by molar-refractivity contribution is 6.32. The third-order valence-electron chi connectivity index (χ3n) is 7.57. The smallest absolute Gasteiger partial charge is 0.404 e. The Bertz CT molecular complexity index is 1330. The molecule has 5 N–H and O–H groups in total. The normalized spacial score (nSPS) is 16.7. The number of benzene rings is 3. The Morgan fingerprint density at radius 1 is 1.12 bits per heavy atom. The predicted octanol–water partition coefficient (Wildman–Crippen LogP) is 5.69. The molecular weight excluding hydrogens is 530 g/mol. The van der Waals surface area contributed by atoms with Gasteiger partial charge in [-0.05, 0) is 68.0 Å². The Labute approximate surface area is 239 Å². The average molecular weight is 566 g/mol. The molecule has 2 amide bonds. The Morgan fingerprint density at radius 3 is 2.58 bits per heavy atom. The van der Waals surface area contributed by atoms with E-state index in [0.29, 0.717) is 66.5 Å². The van der Waals surface area contributed by atoms with Gasteiger partial charge in [-0.1, -0.05) is 54.1 Å². The first-order chi connectivity index (χ1) is 19.2. The zero-order valence-corrected chi connectivity index (χ0v) is 23.4. The van der Waals surface area contributed by atoms with Crippen molar-refractivity contribution in [3.63, 3.8) is 0 Å². The van der Waals surface area contributed by atoms with E-state index in [9.17, 15) is 14.7 Å². The highest BCUT2D eigenvalue weighted by Crippen LogP contribution is 2.46. The van der Waals surface area contributed by atoms with E-state index in [1.807, 2.05) is 43.3 Å². The largest absolute Gasteiger partial charge is 0.465 e. The summed E-state index contributed by atoms with van der Waals surface area (Å²) in [6.45, 7) is 3.41. The maximum Gasteiger partial charge on any atom is 0.404 e. The fourth-order valence-electron chi connectivity index (χ4n) is 5.36. The van der Waals surface area contributed by atoms with Crippen molar-refractivity contribution >= 4 is 23.6 Å². The number of halogens is 1. The van der Waals surface area contributed by atoms with Crippen molar-refractivity contribution in [3.8, 4) is 11.5 Å². The molecule has 40 heavy (non-hydrogen) atoms. The molecule has 2 atom stereocenters. The summed E-state index contributed by atoms with van der Waals surface area (Å²) in [5, 5.41) is 24.3. The lowest BCUT2D eigenvalue weighted by Crippen LogP contribution is -2.48. The van der Waals surface area contributed by atoms with Gasteiger partial charge in [0.05, 0.1) is 10.6 Å². The summed E-state index contributed by atoms with van der Waals surface area (Å²) < 4.78 is 6.33. The number of hydrogen-bond acceptors (Lipinski definition) is 5. The second-order valence-corrected chi connectivity index (χ2v) is 10.6. The van der Waals surface area contributed by atoms with Crippen molar-refractivity contribution in [2.75, 3.05) is 19.6 Å². The van der Waals surface area contributed by atoms with Crippen LogP contribution in [-0.4, -0.2) is 46.7 Å². The number of nitrogens with one attached hydrogen (secondary N) is 1. The standard InChI is InChI=1S/C31H36ClN3O5/c1-21-7-2-3-11-27(21)40-28-25(9-4-10-26(28)32)31(39,16-6-17-34-30(37)38)24-8-5-18-35(20-24)29(36)23-14-12-22(19-33)13-15-23/h2-4,7,9-15,24,34,39H,5-6,8,16-20,33H2,1H3,(H,37,38)/t24-,31+/m1/s1. The lowest BCUT2D eigenvalue weighted by atomic mass is 9.73. The molecule has 0 saturated carbocycles. The van der Waals surface area contributed by atoms with Gasteiger partial charge in [-0.2, -0.15) is 0 Å². The minimum atomic E-state index is -1.44. The monoisotopic (exact) mass is 565 g/mol. The van der Waals surface area contributed by atoms with Crippen LogP contribution >= 0.6 is 11.6 Å². The number of carbonyl (C=O) groups is 2. The van der Waals surface area contributed by atoms with E-state index < -0.39 is 11.7 Å². The lowest BCUT2D eigenvalue weighted by Gasteiger charge is -2.43. The highest BCUT2D eigenvalue weighted by atomic mass is 35.5. The number of piperidine rings is 1. The summed E-state index contributed by atoms with van der Waals surface area (Å²) in [4.78, 5) is 26.3. The van der Waals surface area contributed by atoms with Crippen LogP contribution in [0.15, 0.2) is 66.7 Å². The molecule has 1 aliphatic rings. The summed E-state index contributed by atoms with van der Waals surface area (Å²) in [5.41, 5.74) is 7.21. The van der Waals surface area contributed by atoms with Crippen molar-refractivity contribution < 1.29 is 24.5 Å². The molecule has 212 valence electrons. The molecule has 4 rings (SSSR count). The molecule has 3 aromatic rings. The van der Waals surface area contributed by atoms with Crippen LogP contribution in [-0.2, 0) is 12.1 Å². The number of carbonyl (C=O) groups excluding carboxylic acids is 1. The molecule has 1 fully saturated rings. The van der Waals surface area contributed by atoms with Gasteiger partial charge in [0, 0.05) is 43.2 Å². The number of amides is 2. The SMILES string of the molecule is Cc1ccccc1Oc1c(Cl)cccc1[C@](O)(CCCNC(=O)O)[C@@H]1CCCN(C(=O)c2ccc(CN)cc2)C1. The van der Waals surface area contributed by atoms with Crippen molar-refractivity contribution in [3.05, 3.63) is 94.0 Å². The van der Waals surface area contributed by atoms with Gasteiger partial charge in [0.2, 0.25) is 0 Å². The van der Waals surface area contributed by atoms with Crippen LogP contribution in [0.3, 0.4) is 0 Å². The molecule has 0 aromatic heterocycles. The second kappa shape index (κ2) is 13.2. The van der Waals surface area contributed by atoms with Crippen molar-refractivity contribution in [1.29, 1.82) is 0 Å². The van der Waals surface area contributed by atoms with Gasteiger partial charge in [0.15, 0.2) is 5.75 Å². The zero-order valence-electron chi connectivity index (χ0n) is 22.6. The molecule has 1 heterocycles. The van der Waals surface area contributed by atoms with Gasteiger partial charge >= 0.3 is 6.09 Å². The van der Waals surface area contributed by atoms with E-state index >= 15 is 0 Å². The number of likely N-dealkylation sites (tertiary alicyclic amines) is 1. The van der Waals surface area contributed by atoms with Crippen LogP contribution in [0.2, 0.25) is 5.02 Å². The summed E-state index contributed by atoms with van der Waals surface area (Å²) in [7, 11) is 0. The number of carboxylic acid groups (broad SMARTS) is 1. The summed E-state index contributed by atoms with van der Waals surface area (Å²) >= 11 is 6.66. The fraction of sp³-hybridized carbons (Fsp3) is 0.355. The molecule has 3 aromatic carbocycles. The van der Waals surface area contributed by atoms with Gasteiger partial charge in [-0.25, -0.2) is 4.79 Å². The van der Waals surface area contributed by atoms with E-state index in [0.717, 1.165) is 11.1 Å². The van der Waals surface area contributed by atoms with Gasteiger partial charge in [0.1, 0.15) is 5.75 Å². The van der Waals surface area contributed by atoms with Crippen LogP contribution < -0.4 is 15.8 Å². The number of nitrogens with two attached hydrogens (primary N) is 1. The molecule has 1 aliphatic heterocycles. The molecule has 8 nitrogen and oxygen atoms in total. The number of para-hydroxylation sites is 2. The van der Waals surface area contributed by atoms with E-state index in [-0.39, 0.29) is 24.8 Å². The highest BCUT2D eigenvalue weighted by Gasteiger charge is 2.43.